The van der Waals surface area contributed by atoms with E-state index in [0.29, 0.717) is 19.1 Å². The number of hydrogen-bond acceptors (Lipinski definition) is 3. The molecule has 0 bridgehead atoms. The molecule has 0 saturated carbocycles. The quantitative estimate of drug-likeness (QED) is 0.924. The maximum atomic E-state index is 13.4. The summed E-state index contributed by atoms with van der Waals surface area (Å²) in [4.78, 5) is 16.9. The van der Waals surface area contributed by atoms with Crippen molar-refractivity contribution in [1.82, 2.24) is 15.1 Å². The first kappa shape index (κ1) is 17.9. The van der Waals surface area contributed by atoms with E-state index in [-0.39, 0.29) is 17.3 Å². The van der Waals surface area contributed by atoms with E-state index in [1.165, 1.54) is 12.1 Å². The van der Waals surface area contributed by atoms with E-state index in [0.717, 1.165) is 25.2 Å². The van der Waals surface area contributed by atoms with Crippen LogP contribution >= 0.6 is 0 Å². The van der Waals surface area contributed by atoms with E-state index >= 15 is 0 Å². The first-order chi connectivity index (χ1) is 10.8. The lowest BCUT2D eigenvalue weighted by atomic mass is 10.0. The molecule has 2 rings (SSSR count). The Hall–Kier alpha value is -1.46. The van der Waals surface area contributed by atoms with Crippen molar-refractivity contribution < 1.29 is 9.18 Å². The fraction of sp³-hybridized carbons (Fsp3) is 0.611. The second-order valence-electron chi connectivity index (χ2n) is 7.30. The third-order valence-electron chi connectivity index (χ3n) is 4.32. The molecule has 0 unspecified atom stereocenters. The van der Waals surface area contributed by atoms with Crippen molar-refractivity contribution in [2.24, 2.45) is 0 Å². The van der Waals surface area contributed by atoms with Crippen LogP contribution in [0.5, 0.6) is 0 Å². The molecule has 128 valence electrons. The average molecular weight is 321 g/mol. The lowest BCUT2D eigenvalue weighted by molar-refractivity contribution is -0.138. The molecule has 23 heavy (non-hydrogen) atoms. The Morgan fingerprint density at radius 2 is 2.17 bits per heavy atom. The highest BCUT2D eigenvalue weighted by Gasteiger charge is 2.29. The molecule has 1 N–H and O–H groups in total. The molecule has 5 heteroatoms. The molecule has 1 heterocycles. The van der Waals surface area contributed by atoms with Gasteiger partial charge in [0, 0.05) is 37.8 Å². The van der Waals surface area contributed by atoms with Gasteiger partial charge in [0.15, 0.2) is 0 Å². The number of rotatable bonds is 4. The van der Waals surface area contributed by atoms with E-state index in [9.17, 15) is 9.18 Å². The molecule has 1 amide bonds. The predicted octanol–water partition coefficient (Wildman–Crippen LogP) is 2.25. The first-order valence-electron chi connectivity index (χ1n) is 8.27. The van der Waals surface area contributed by atoms with Crippen molar-refractivity contribution >= 4 is 5.91 Å². The Bertz CT molecular complexity index is 541. The monoisotopic (exact) mass is 321 g/mol. The zero-order valence-electron chi connectivity index (χ0n) is 14.6. The maximum Gasteiger partial charge on any atom is 0.237 e. The minimum Gasteiger partial charge on any atom is -0.332 e. The number of nitrogens with one attached hydrogen (secondary N) is 1. The van der Waals surface area contributed by atoms with Gasteiger partial charge in [-0.3, -0.25) is 9.69 Å². The smallest absolute Gasteiger partial charge is 0.237 e. The summed E-state index contributed by atoms with van der Waals surface area (Å²) in [5.41, 5.74) is 0.516. The molecule has 1 fully saturated rings. The van der Waals surface area contributed by atoms with Gasteiger partial charge in [0.25, 0.3) is 0 Å². The number of carbonyl (C=O) groups excluding carboxylic acids is 1. The topological polar surface area (TPSA) is 35.6 Å². The van der Waals surface area contributed by atoms with Crippen molar-refractivity contribution in [3.8, 4) is 0 Å². The van der Waals surface area contributed by atoms with Crippen LogP contribution in [0, 0.1) is 5.82 Å². The van der Waals surface area contributed by atoms with Gasteiger partial charge in [0.2, 0.25) is 5.91 Å². The van der Waals surface area contributed by atoms with Crippen LogP contribution in [0.25, 0.3) is 0 Å². The molecular formula is C18H28FN3O. The summed E-state index contributed by atoms with van der Waals surface area (Å²) in [6.07, 6.45) is 0. The number of carbonyl (C=O) groups is 1. The van der Waals surface area contributed by atoms with Crippen LogP contribution in [0.4, 0.5) is 4.39 Å². The van der Waals surface area contributed by atoms with Gasteiger partial charge >= 0.3 is 0 Å². The molecule has 4 nitrogen and oxygen atoms in total. The van der Waals surface area contributed by atoms with Crippen molar-refractivity contribution in [1.29, 1.82) is 0 Å². The summed E-state index contributed by atoms with van der Waals surface area (Å²) in [5.74, 6) is -0.171. The normalized spacial score (nSPS) is 19.6. The molecule has 1 saturated heterocycles. The van der Waals surface area contributed by atoms with E-state index in [1.807, 2.05) is 31.7 Å². The molecule has 0 radical (unpaired) electrons. The maximum absolute atomic E-state index is 13.4. The summed E-state index contributed by atoms with van der Waals surface area (Å²) in [6, 6.07) is 6.83. The Balaban J connectivity index is 2.10. The molecule has 1 atom stereocenters. The second kappa shape index (κ2) is 7.41. The molecule has 1 aromatic carbocycles. The summed E-state index contributed by atoms with van der Waals surface area (Å²) in [7, 11) is 0. The summed E-state index contributed by atoms with van der Waals surface area (Å²) in [5, 5.41) is 3.34. The van der Waals surface area contributed by atoms with Crippen molar-refractivity contribution in [3.05, 3.63) is 35.6 Å². The van der Waals surface area contributed by atoms with E-state index in [1.54, 1.807) is 6.07 Å². The number of benzene rings is 1. The third kappa shape index (κ3) is 5.01. The standard InChI is InChI=1S/C18H28FN3O/c1-14-11-20-8-9-21(14)13-17(23)22(18(2,3)4)12-15-6-5-7-16(19)10-15/h5-7,10,14,20H,8-9,11-13H2,1-4H3/t14-/m0/s1. The number of amides is 1. The zero-order chi connectivity index (χ0) is 17.0. The van der Waals surface area contributed by atoms with Crippen LogP contribution in [-0.4, -0.2) is 53.5 Å². The fourth-order valence-electron chi connectivity index (χ4n) is 2.89. The largest absolute Gasteiger partial charge is 0.332 e. The van der Waals surface area contributed by atoms with Crippen LogP contribution in [0.1, 0.15) is 33.3 Å². The van der Waals surface area contributed by atoms with E-state index in [2.05, 4.69) is 17.1 Å². The van der Waals surface area contributed by atoms with Crippen molar-refractivity contribution in [2.45, 2.75) is 45.8 Å². The molecule has 0 spiro atoms. The van der Waals surface area contributed by atoms with E-state index < -0.39 is 0 Å². The van der Waals surface area contributed by atoms with Gasteiger partial charge in [0.05, 0.1) is 6.54 Å². The Morgan fingerprint density at radius 3 is 2.78 bits per heavy atom. The summed E-state index contributed by atoms with van der Waals surface area (Å²) >= 11 is 0. The Labute approximate surface area is 138 Å². The van der Waals surface area contributed by atoms with Crippen LogP contribution < -0.4 is 5.32 Å². The predicted molar refractivity (Wildman–Crippen MR) is 90.6 cm³/mol. The number of nitrogens with zero attached hydrogens (tertiary/aromatic N) is 2. The molecule has 1 aromatic rings. The highest BCUT2D eigenvalue weighted by Crippen LogP contribution is 2.19. The Morgan fingerprint density at radius 1 is 1.43 bits per heavy atom. The summed E-state index contributed by atoms with van der Waals surface area (Å²) in [6.45, 7) is 11.7. The zero-order valence-corrected chi connectivity index (χ0v) is 14.6. The van der Waals surface area contributed by atoms with Crippen molar-refractivity contribution in [2.75, 3.05) is 26.2 Å². The van der Waals surface area contributed by atoms with Crippen LogP contribution in [0.15, 0.2) is 24.3 Å². The highest BCUT2D eigenvalue weighted by molar-refractivity contribution is 5.79. The SMILES string of the molecule is C[C@H]1CNCCN1CC(=O)N(Cc1cccc(F)c1)C(C)(C)C. The summed E-state index contributed by atoms with van der Waals surface area (Å²) < 4.78 is 13.4. The molecule has 1 aliphatic rings. The van der Waals surface area contributed by atoms with Gasteiger partial charge in [-0.2, -0.15) is 0 Å². The molecule has 1 aliphatic heterocycles. The van der Waals surface area contributed by atoms with Gasteiger partial charge in [0.1, 0.15) is 5.82 Å². The van der Waals surface area contributed by atoms with Gasteiger partial charge in [-0.25, -0.2) is 4.39 Å². The number of halogens is 1. The second-order valence-corrected chi connectivity index (χ2v) is 7.30. The molecule has 0 aliphatic carbocycles. The first-order valence-corrected chi connectivity index (χ1v) is 8.27. The minimum absolute atomic E-state index is 0.0931. The van der Waals surface area contributed by atoms with Gasteiger partial charge in [-0.1, -0.05) is 12.1 Å². The number of hydrogen-bond donors (Lipinski definition) is 1. The van der Waals surface area contributed by atoms with Crippen molar-refractivity contribution in [3.63, 3.8) is 0 Å². The van der Waals surface area contributed by atoms with Crippen LogP contribution in [0.3, 0.4) is 0 Å². The number of piperazine rings is 1. The average Bonchev–Trinajstić information content (AvgIpc) is 2.46. The van der Waals surface area contributed by atoms with Crippen LogP contribution in [0.2, 0.25) is 0 Å². The van der Waals surface area contributed by atoms with Crippen LogP contribution in [-0.2, 0) is 11.3 Å². The third-order valence-corrected chi connectivity index (χ3v) is 4.32. The minimum atomic E-state index is -0.305. The van der Waals surface area contributed by atoms with Gasteiger partial charge in [-0.05, 0) is 45.4 Å². The fourth-order valence-corrected chi connectivity index (χ4v) is 2.89. The highest BCUT2D eigenvalue weighted by atomic mass is 19.1. The van der Waals surface area contributed by atoms with E-state index in [4.69, 9.17) is 0 Å². The molecule has 0 aromatic heterocycles. The molecular weight excluding hydrogens is 293 g/mol. The van der Waals surface area contributed by atoms with Gasteiger partial charge in [-0.15, -0.1) is 0 Å². The Kier molecular flexibility index (Phi) is 5.76. The lowest BCUT2D eigenvalue weighted by Crippen LogP contribution is -2.55. The van der Waals surface area contributed by atoms with Gasteiger partial charge < -0.3 is 10.2 Å². The lowest BCUT2D eigenvalue weighted by Gasteiger charge is -2.39.